The zero-order valence-corrected chi connectivity index (χ0v) is 14.4. The molecule has 1 aliphatic rings. The highest BCUT2D eigenvalue weighted by molar-refractivity contribution is 7.15. The van der Waals surface area contributed by atoms with Gasteiger partial charge in [0.05, 0.1) is 5.69 Å². The lowest BCUT2D eigenvalue weighted by atomic mass is 10.2. The molecule has 2 aromatic heterocycles. The number of piperazine rings is 1. The predicted octanol–water partition coefficient (Wildman–Crippen LogP) is 1.86. The number of aryl methyl sites for hydroxylation is 2. The van der Waals surface area contributed by atoms with Crippen molar-refractivity contribution in [3.05, 3.63) is 28.1 Å². The molecule has 0 radical (unpaired) electrons. The van der Waals surface area contributed by atoms with E-state index in [-0.39, 0.29) is 5.91 Å². The molecular formula is C15H20N4O3S. The van der Waals surface area contributed by atoms with Gasteiger partial charge >= 0.3 is 0 Å². The van der Waals surface area contributed by atoms with E-state index in [1.165, 1.54) is 4.88 Å². The van der Waals surface area contributed by atoms with E-state index in [0.29, 0.717) is 31.2 Å². The van der Waals surface area contributed by atoms with Crippen LogP contribution in [0.5, 0.6) is 0 Å². The Balaban J connectivity index is 1.60. The van der Waals surface area contributed by atoms with Crippen LogP contribution in [0.15, 0.2) is 10.6 Å². The van der Waals surface area contributed by atoms with Crippen molar-refractivity contribution in [2.24, 2.45) is 0 Å². The molecule has 3 rings (SSSR count). The van der Waals surface area contributed by atoms with Crippen molar-refractivity contribution in [1.82, 2.24) is 15.0 Å². The molecule has 124 valence electrons. The van der Waals surface area contributed by atoms with Gasteiger partial charge in [-0.05, 0) is 13.8 Å². The van der Waals surface area contributed by atoms with Gasteiger partial charge in [0.2, 0.25) is 0 Å². The summed E-state index contributed by atoms with van der Waals surface area (Å²) in [7, 11) is 1.57. The van der Waals surface area contributed by atoms with Gasteiger partial charge in [0, 0.05) is 44.2 Å². The summed E-state index contributed by atoms with van der Waals surface area (Å²) >= 11 is 1.71. The minimum atomic E-state index is -0.0951. The van der Waals surface area contributed by atoms with Crippen LogP contribution >= 0.6 is 11.3 Å². The zero-order chi connectivity index (χ0) is 16.4. The van der Waals surface area contributed by atoms with Gasteiger partial charge in [-0.3, -0.25) is 4.79 Å². The van der Waals surface area contributed by atoms with Crippen LogP contribution in [-0.4, -0.2) is 54.2 Å². The molecule has 7 nitrogen and oxygen atoms in total. The molecule has 0 aliphatic carbocycles. The second kappa shape index (κ2) is 6.67. The molecule has 0 bridgehead atoms. The summed E-state index contributed by atoms with van der Waals surface area (Å²) in [6.07, 6.45) is 0. The largest absolute Gasteiger partial charge is 0.377 e. The zero-order valence-electron chi connectivity index (χ0n) is 13.5. The van der Waals surface area contributed by atoms with E-state index in [9.17, 15) is 4.79 Å². The van der Waals surface area contributed by atoms with E-state index in [2.05, 4.69) is 22.0 Å². The predicted molar refractivity (Wildman–Crippen MR) is 86.9 cm³/mol. The summed E-state index contributed by atoms with van der Waals surface area (Å²) in [4.78, 5) is 22.3. The van der Waals surface area contributed by atoms with Gasteiger partial charge in [-0.2, -0.15) is 0 Å². The minimum Gasteiger partial charge on any atom is -0.377 e. The smallest absolute Gasteiger partial charge is 0.276 e. The van der Waals surface area contributed by atoms with Gasteiger partial charge in [-0.15, -0.1) is 11.3 Å². The summed E-state index contributed by atoms with van der Waals surface area (Å²) in [5, 5.41) is 4.87. The van der Waals surface area contributed by atoms with Crippen LogP contribution in [-0.2, 0) is 11.3 Å². The lowest BCUT2D eigenvalue weighted by molar-refractivity contribution is 0.0735. The maximum absolute atomic E-state index is 12.4. The Morgan fingerprint density at radius 1 is 1.35 bits per heavy atom. The average molecular weight is 336 g/mol. The molecule has 2 aromatic rings. The van der Waals surface area contributed by atoms with Crippen molar-refractivity contribution in [2.75, 3.05) is 38.2 Å². The molecule has 0 N–H and O–H groups in total. The molecule has 1 amide bonds. The van der Waals surface area contributed by atoms with Crippen molar-refractivity contribution < 1.29 is 14.1 Å². The van der Waals surface area contributed by atoms with Crippen LogP contribution in [0.2, 0.25) is 0 Å². The number of amides is 1. The monoisotopic (exact) mass is 336 g/mol. The van der Waals surface area contributed by atoms with Crippen molar-refractivity contribution in [3.8, 4) is 0 Å². The summed E-state index contributed by atoms with van der Waals surface area (Å²) in [6, 6.07) is 1.64. The molecule has 23 heavy (non-hydrogen) atoms. The SMILES string of the molecule is COCc1cc(C(=O)N2CCN(c3nc(C)c(C)s3)CC2)no1. The van der Waals surface area contributed by atoms with Gasteiger partial charge in [0.15, 0.2) is 16.6 Å². The summed E-state index contributed by atoms with van der Waals surface area (Å²) < 4.78 is 10.1. The van der Waals surface area contributed by atoms with E-state index in [1.807, 2.05) is 6.92 Å². The van der Waals surface area contributed by atoms with Crippen molar-refractivity contribution in [1.29, 1.82) is 0 Å². The molecule has 0 spiro atoms. The number of nitrogens with zero attached hydrogens (tertiary/aromatic N) is 4. The molecule has 0 aromatic carbocycles. The number of hydrogen-bond acceptors (Lipinski definition) is 7. The number of anilines is 1. The Hall–Kier alpha value is -1.93. The minimum absolute atomic E-state index is 0.0951. The second-order valence-corrected chi connectivity index (χ2v) is 6.71. The lowest BCUT2D eigenvalue weighted by Gasteiger charge is -2.34. The van der Waals surface area contributed by atoms with E-state index in [0.717, 1.165) is 23.9 Å². The molecule has 0 atom stereocenters. The van der Waals surface area contributed by atoms with Crippen LogP contribution < -0.4 is 4.90 Å². The highest BCUT2D eigenvalue weighted by Crippen LogP contribution is 2.26. The van der Waals surface area contributed by atoms with Gasteiger partial charge in [-0.25, -0.2) is 4.98 Å². The summed E-state index contributed by atoms with van der Waals surface area (Å²) in [6.45, 7) is 7.29. The number of methoxy groups -OCH3 is 1. The van der Waals surface area contributed by atoms with E-state index < -0.39 is 0 Å². The summed E-state index contributed by atoms with van der Waals surface area (Å²) in [5.74, 6) is 0.463. The average Bonchev–Trinajstić information content (AvgIpc) is 3.15. The fraction of sp³-hybridized carbons (Fsp3) is 0.533. The number of aromatic nitrogens is 2. The van der Waals surface area contributed by atoms with E-state index in [1.54, 1.807) is 29.4 Å². The number of thiazole rings is 1. The Morgan fingerprint density at radius 3 is 2.70 bits per heavy atom. The fourth-order valence-electron chi connectivity index (χ4n) is 2.48. The molecule has 1 fully saturated rings. The molecule has 3 heterocycles. The normalized spacial score (nSPS) is 15.3. The molecule has 8 heteroatoms. The maximum atomic E-state index is 12.4. The third-order valence-electron chi connectivity index (χ3n) is 3.92. The Morgan fingerprint density at radius 2 is 2.09 bits per heavy atom. The number of carbonyl (C=O) groups excluding carboxylic acids is 1. The standard InChI is InChI=1S/C15H20N4O3S/c1-10-11(2)23-15(16-10)19-6-4-18(5-7-19)14(20)13-8-12(9-21-3)22-17-13/h8H,4-7,9H2,1-3H3. The number of ether oxygens (including phenoxy) is 1. The van der Waals surface area contributed by atoms with Gasteiger partial charge in [0.25, 0.3) is 5.91 Å². The van der Waals surface area contributed by atoms with Crippen molar-refractivity contribution in [2.45, 2.75) is 20.5 Å². The first-order chi connectivity index (χ1) is 11.1. The molecule has 0 saturated carbocycles. The summed E-state index contributed by atoms with van der Waals surface area (Å²) in [5.41, 5.74) is 1.42. The number of rotatable bonds is 4. The van der Waals surface area contributed by atoms with Crippen LogP contribution in [0.1, 0.15) is 26.8 Å². The number of hydrogen-bond donors (Lipinski definition) is 0. The first kappa shape index (κ1) is 15.9. The van der Waals surface area contributed by atoms with Crippen LogP contribution in [0.25, 0.3) is 0 Å². The van der Waals surface area contributed by atoms with Crippen molar-refractivity contribution in [3.63, 3.8) is 0 Å². The first-order valence-corrected chi connectivity index (χ1v) is 8.33. The van der Waals surface area contributed by atoms with E-state index in [4.69, 9.17) is 9.26 Å². The quantitative estimate of drug-likeness (QED) is 0.849. The third kappa shape index (κ3) is 3.37. The Kier molecular flexibility index (Phi) is 4.63. The highest BCUT2D eigenvalue weighted by Gasteiger charge is 2.25. The second-order valence-electron chi connectivity index (χ2n) is 5.53. The molecule has 1 saturated heterocycles. The Bertz CT molecular complexity index is 669. The lowest BCUT2D eigenvalue weighted by Crippen LogP contribution is -2.48. The topological polar surface area (TPSA) is 71.7 Å². The number of carbonyl (C=O) groups is 1. The molecular weight excluding hydrogens is 316 g/mol. The first-order valence-electron chi connectivity index (χ1n) is 7.51. The third-order valence-corrected chi connectivity index (χ3v) is 5.05. The van der Waals surface area contributed by atoms with Gasteiger partial charge < -0.3 is 19.1 Å². The van der Waals surface area contributed by atoms with Crippen LogP contribution in [0.3, 0.4) is 0 Å². The van der Waals surface area contributed by atoms with E-state index >= 15 is 0 Å². The van der Waals surface area contributed by atoms with Crippen molar-refractivity contribution >= 4 is 22.4 Å². The van der Waals surface area contributed by atoms with Crippen LogP contribution in [0, 0.1) is 13.8 Å². The van der Waals surface area contributed by atoms with Gasteiger partial charge in [0.1, 0.15) is 6.61 Å². The fourth-order valence-corrected chi connectivity index (χ4v) is 3.44. The Labute approximate surface area is 138 Å². The maximum Gasteiger partial charge on any atom is 0.276 e. The molecule has 1 aliphatic heterocycles. The van der Waals surface area contributed by atoms with Crippen LogP contribution in [0.4, 0.5) is 5.13 Å². The highest BCUT2D eigenvalue weighted by atomic mass is 32.1. The molecule has 0 unspecified atom stereocenters. The van der Waals surface area contributed by atoms with Gasteiger partial charge in [-0.1, -0.05) is 5.16 Å².